The summed E-state index contributed by atoms with van der Waals surface area (Å²) in [7, 11) is 0. The molecule has 10 aromatic rings. The molecule has 0 aliphatic heterocycles. The highest BCUT2D eigenvalue weighted by atomic mass is 32.1. The van der Waals surface area contributed by atoms with Crippen molar-refractivity contribution in [2.45, 2.75) is 0 Å². The molecule has 0 bridgehead atoms. The molecule has 4 heterocycles. The van der Waals surface area contributed by atoms with Gasteiger partial charge in [0, 0.05) is 53.4 Å². The molecule has 4 aromatic heterocycles. The number of nitrogens with zero attached hydrogens (tertiary/aromatic N) is 5. The molecular weight excluding hydrogens is 635 g/mol. The van der Waals surface area contributed by atoms with Gasteiger partial charge < -0.3 is 4.42 Å². The molecule has 10 rings (SSSR count). The van der Waals surface area contributed by atoms with Crippen molar-refractivity contribution in [1.82, 2.24) is 24.9 Å². The Hall–Kier alpha value is -6.57. The lowest BCUT2D eigenvalue weighted by atomic mass is 10.0. The van der Waals surface area contributed by atoms with Gasteiger partial charge in [0.2, 0.25) is 0 Å². The van der Waals surface area contributed by atoms with Crippen LogP contribution in [0.4, 0.5) is 0 Å². The second-order valence-electron chi connectivity index (χ2n) is 12.1. The lowest BCUT2D eigenvalue weighted by molar-refractivity contribution is 0.667. The number of para-hydroxylation sites is 1. The molecule has 0 fully saturated rings. The first kappa shape index (κ1) is 28.4. The summed E-state index contributed by atoms with van der Waals surface area (Å²) in [5.74, 6) is 2.53. The number of benzene rings is 6. The van der Waals surface area contributed by atoms with Crippen molar-refractivity contribution >= 4 is 53.6 Å². The van der Waals surface area contributed by atoms with Gasteiger partial charge in [-0.05, 0) is 36.4 Å². The summed E-state index contributed by atoms with van der Waals surface area (Å²) in [6.07, 6.45) is 0. The van der Waals surface area contributed by atoms with Crippen molar-refractivity contribution < 1.29 is 4.42 Å². The maximum absolute atomic E-state index is 6.38. The van der Waals surface area contributed by atoms with Crippen LogP contribution >= 0.6 is 11.3 Å². The van der Waals surface area contributed by atoms with Gasteiger partial charge >= 0.3 is 0 Å². The molecule has 50 heavy (non-hydrogen) atoms. The number of rotatable bonds is 5. The van der Waals surface area contributed by atoms with Crippen LogP contribution in [0.1, 0.15) is 0 Å². The van der Waals surface area contributed by atoms with Gasteiger partial charge in [-0.25, -0.2) is 24.9 Å². The second-order valence-corrected chi connectivity index (χ2v) is 13.2. The zero-order valence-electron chi connectivity index (χ0n) is 26.5. The van der Waals surface area contributed by atoms with Crippen molar-refractivity contribution in [2.75, 3.05) is 0 Å². The first-order chi connectivity index (χ1) is 24.8. The smallest absolute Gasteiger partial charge is 0.180 e. The normalized spacial score (nSPS) is 11.6. The first-order valence-corrected chi connectivity index (χ1v) is 17.2. The monoisotopic (exact) mass is 659 g/mol. The van der Waals surface area contributed by atoms with E-state index in [1.165, 1.54) is 0 Å². The van der Waals surface area contributed by atoms with Crippen molar-refractivity contribution in [3.63, 3.8) is 0 Å². The number of hydrogen-bond donors (Lipinski definition) is 0. The van der Waals surface area contributed by atoms with E-state index in [4.69, 9.17) is 29.3 Å². The van der Waals surface area contributed by atoms with Gasteiger partial charge in [-0.1, -0.05) is 115 Å². The van der Waals surface area contributed by atoms with E-state index in [-0.39, 0.29) is 0 Å². The summed E-state index contributed by atoms with van der Waals surface area (Å²) >= 11 is 1.76. The van der Waals surface area contributed by atoms with Crippen LogP contribution < -0.4 is 0 Å². The fraction of sp³-hybridized carbons (Fsp3) is 0. The molecule has 0 spiro atoms. The van der Waals surface area contributed by atoms with E-state index in [0.717, 1.165) is 70.2 Å². The Morgan fingerprint density at radius 2 is 1.04 bits per heavy atom. The minimum absolute atomic E-state index is 0.616. The fourth-order valence-corrected chi connectivity index (χ4v) is 7.71. The molecule has 7 heteroatoms. The zero-order chi connectivity index (χ0) is 33.0. The Bertz CT molecular complexity index is 2810. The van der Waals surface area contributed by atoms with Crippen molar-refractivity contribution in [3.05, 3.63) is 152 Å². The van der Waals surface area contributed by atoms with Gasteiger partial charge in [-0.15, -0.1) is 11.3 Å². The maximum Gasteiger partial charge on any atom is 0.180 e. The van der Waals surface area contributed by atoms with Crippen molar-refractivity contribution in [1.29, 1.82) is 0 Å². The predicted molar refractivity (Wildman–Crippen MR) is 203 cm³/mol. The highest BCUT2D eigenvalue weighted by Gasteiger charge is 2.21. The highest BCUT2D eigenvalue weighted by Crippen LogP contribution is 2.42. The molecule has 0 aliphatic rings. The average molecular weight is 660 g/mol. The van der Waals surface area contributed by atoms with E-state index in [1.54, 1.807) is 11.3 Å². The molecule has 0 N–H and O–H groups in total. The molecule has 6 nitrogen and oxygen atoms in total. The molecule has 0 saturated heterocycles. The Kier molecular flexibility index (Phi) is 6.57. The Labute approximate surface area is 290 Å². The van der Waals surface area contributed by atoms with E-state index in [0.29, 0.717) is 28.9 Å². The van der Waals surface area contributed by atoms with E-state index >= 15 is 0 Å². The largest absolute Gasteiger partial charge is 0.452 e. The molecule has 0 radical (unpaired) electrons. The van der Waals surface area contributed by atoms with Gasteiger partial charge in [-0.3, -0.25) is 0 Å². The van der Waals surface area contributed by atoms with Crippen LogP contribution in [-0.4, -0.2) is 24.9 Å². The van der Waals surface area contributed by atoms with Gasteiger partial charge in [0.25, 0.3) is 0 Å². The minimum atomic E-state index is 0.616. The summed E-state index contributed by atoms with van der Waals surface area (Å²) in [6.45, 7) is 0. The van der Waals surface area contributed by atoms with E-state index in [9.17, 15) is 0 Å². The van der Waals surface area contributed by atoms with Crippen LogP contribution in [0.3, 0.4) is 0 Å². The van der Waals surface area contributed by atoms with Gasteiger partial charge in [-0.2, -0.15) is 0 Å². The summed E-state index contributed by atoms with van der Waals surface area (Å²) < 4.78 is 8.69. The molecule has 0 atom stereocenters. The van der Waals surface area contributed by atoms with Crippen LogP contribution in [0, 0.1) is 0 Å². The molecule has 6 aromatic carbocycles. The van der Waals surface area contributed by atoms with Crippen LogP contribution in [-0.2, 0) is 0 Å². The van der Waals surface area contributed by atoms with Gasteiger partial charge in [0.1, 0.15) is 16.8 Å². The molecule has 0 unspecified atom stereocenters. The third kappa shape index (κ3) is 4.75. The first-order valence-electron chi connectivity index (χ1n) is 16.3. The van der Waals surface area contributed by atoms with Crippen LogP contribution in [0.25, 0.3) is 99.1 Å². The van der Waals surface area contributed by atoms with Crippen LogP contribution in [0.2, 0.25) is 0 Å². The minimum Gasteiger partial charge on any atom is -0.452 e. The van der Waals surface area contributed by atoms with E-state index in [1.807, 2.05) is 97.1 Å². The van der Waals surface area contributed by atoms with Crippen molar-refractivity contribution in [3.8, 4) is 56.8 Å². The van der Waals surface area contributed by atoms with Gasteiger partial charge in [0.05, 0.1) is 0 Å². The average Bonchev–Trinajstić information content (AvgIpc) is 3.76. The predicted octanol–water partition coefficient (Wildman–Crippen LogP) is 11.3. The van der Waals surface area contributed by atoms with Crippen LogP contribution in [0.15, 0.2) is 156 Å². The second kappa shape index (κ2) is 11.5. The zero-order valence-corrected chi connectivity index (χ0v) is 27.3. The summed E-state index contributed by atoms with van der Waals surface area (Å²) in [5, 5.41) is 3.16. The Morgan fingerprint density at radius 3 is 1.74 bits per heavy atom. The molecule has 0 amide bonds. The standard InChI is InChI=1S/C43H25N5OS/c1-4-13-26(14-5-1)37-39-38(30-19-10-11-21-33(30)49-39)45-43(44-37)31-20-12-22-35-36(31)32-25-29(23-24-34(32)50-35)42-47-40(27-15-6-2-7-16-27)46-41(48-42)28-17-8-3-9-18-28/h1-25H. The summed E-state index contributed by atoms with van der Waals surface area (Å²) in [6, 6.07) is 51.1. The highest BCUT2D eigenvalue weighted by molar-refractivity contribution is 7.26. The Balaban J connectivity index is 1.20. The lowest BCUT2D eigenvalue weighted by Gasteiger charge is -2.09. The molecule has 0 aliphatic carbocycles. The van der Waals surface area contributed by atoms with E-state index < -0.39 is 0 Å². The number of fused-ring (bicyclic) bond motifs is 6. The molecule has 0 saturated carbocycles. The number of aromatic nitrogens is 5. The Morgan fingerprint density at radius 1 is 0.420 bits per heavy atom. The number of thiophene rings is 1. The quantitative estimate of drug-likeness (QED) is 0.183. The summed E-state index contributed by atoms with van der Waals surface area (Å²) in [5.41, 5.74) is 7.76. The third-order valence-corrected chi connectivity index (χ3v) is 10.1. The maximum atomic E-state index is 6.38. The third-order valence-electron chi connectivity index (χ3n) is 8.96. The molecular formula is C43H25N5OS. The van der Waals surface area contributed by atoms with Gasteiger partial charge in [0.15, 0.2) is 28.9 Å². The number of hydrogen-bond acceptors (Lipinski definition) is 7. The summed E-state index contributed by atoms with van der Waals surface area (Å²) in [4.78, 5) is 25.3. The SMILES string of the molecule is c1ccc(-c2nc(-c3ccccc3)nc(-c3ccc4sc5cccc(-c6nc(-c7ccccc7)c7oc8ccccc8c7n6)c5c4c3)n2)cc1. The number of furan rings is 1. The molecule has 234 valence electrons. The van der Waals surface area contributed by atoms with Crippen LogP contribution in [0.5, 0.6) is 0 Å². The lowest BCUT2D eigenvalue weighted by Crippen LogP contribution is -2.00. The fourth-order valence-electron chi connectivity index (χ4n) is 6.59. The van der Waals surface area contributed by atoms with E-state index in [2.05, 4.69) is 54.6 Å². The van der Waals surface area contributed by atoms with Crippen molar-refractivity contribution in [2.24, 2.45) is 0 Å². The topological polar surface area (TPSA) is 77.6 Å².